The molecule has 21 heavy (non-hydrogen) atoms. The van der Waals surface area contributed by atoms with Crippen LogP contribution in [0.15, 0.2) is 30.3 Å². The van der Waals surface area contributed by atoms with Crippen LogP contribution in [0.5, 0.6) is 11.5 Å². The Balaban J connectivity index is 2.41. The fourth-order valence-electron chi connectivity index (χ4n) is 2.13. The minimum Gasteiger partial charge on any atom is -0.457 e. The molecule has 0 aromatic heterocycles. The topological polar surface area (TPSA) is 35.2 Å². The SMILES string of the molecule is CCc1cc(Oc2cc(C)c(F)cc2C(C)N)ccc1Cl. The second-order valence-corrected chi connectivity index (χ2v) is 5.54. The first-order valence-corrected chi connectivity index (χ1v) is 7.32. The van der Waals surface area contributed by atoms with Gasteiger partial charge in [-0.25, -0.2) is 4.39 Å². The number of hydrogen-bond donors (Lipinski definition) is 1. The fraction of sp³-hybridized carbons (Fsp3) is 0.294. The Morgan fingerprint density at radius 1 is 1.29 bits per heavy atom. The summed E-state index contributed by atoms with van der Waals surface area (Å²) in [5.74, 6) is 0.970. The second-order valence-electron chi connectivity index (χ2n) is 5.14. The molecule has 0 heterocycles. The van der Waals surface area contributed by atoms with E-state index in [9.17, 15) is 4.39 Å². The van der Waals surface area contributed by atoms with Crippen LogP contribution in [-0.4, -0.2) is 0 Å². The Kier molecular flexibility index (Phi) is 4.86. The maximum Gasteiger partial charge on any atom is 0.132 e. The largest absolute Gasteiger partial charge is 0.457 e. The molecule has 1 atom stereocenters. The first kappa shape index (κ1) is 15.8. The molecule has 0 aliphatic carbocycles. The lowest BCUT2D eigenvalue weighted by Crippen LogP contribution is -2.08. The fourth-order valence-corrected chi connectivity index (χ4v) is 2.38. The second kappa shape index (κ2) is 6.46. The third-order valence-electron chi connectivity index (χ3n) is 3.41. The van der Waals surface area contributed by atoms with Crippen LogP contribution < -0.4 is 10.5 Å². The molecule has 0 aliphatic rings. The van der Waals surface area contributed by atoms with E-state index in [0.29, 0.717) is 27.6 Å². The van der Waals surface area contributed by atoms with Gasteiger partial charge in [-0.05, 0) is 61.7 Å². The molecule has 112 valence electrons. The minimum atomic E-state index is -0.312. The van der Waals surface area contributed by atoms with Crippen molar-refractivity contribution in [1.29, 1.82) is 0 Å². The Bertz CT molecular complexity index is 655. The Labute approximate surface area is 129 Å². The monoisotopic (exact) mass is 307 g/mol. The predicted octanol–water partition coefficient (Wildman–Crippen LogP) is 5.16. The predicted molar refractivity (Wildman–Crippen MR) is 84.6 cm³/mol. The lowest BCUT2D eigenvalue weighted by atomic mass is 10.0. The van der Waals surface area contributed by atoms with Crippen LogP contribution in [-0.2, 0) is 6.42 Å². The summed E-state index contributed by atoms with van der Waals surface area (Å²) in [5.41, 5.74) is 8.08. The van der Waals surface area contributed by atoms with Crippen molar-refractivity contribution in [3.8, 4) is 11.5 Å². The lowest BCUT2D eigenvalue weighted by molar-refractivity contribution is 0.467. The van der Waals surface area contributed by atoms with E-state index >= 15 is 0 Å². The third-order valence-corrected chi connectivity index (χ3v) is 3.78. The molecule has 0 fully saturated rings. The highest BCUT2D eigenvalue weighted by Gasteiger charge is 2.13. The summed E-state index contributed by atoms with van der Waals surface area (Å²) in [5, 5.41) is 0.715. The minimum absolute atomic E-state index is 0.278. The van der Waals surface area contributed by atoms with Gasteiger partial charge in [0.05, 0.1) is 0 Å². The molecule has 0 saturated carbocycles. The van der Waals surface area contributed by atoms with E-state index in [2.05, 4.69) is 0 Å². The summed E-state index contributed by atoms with van der Waals surface area (Å²) < 4.78 is 19.6. The number of hydrogen-bond acceptors (Lipinski definition) is 2. The number of ether oxygens (including phenoxy) is 1. The molecule has 4 heteroatoms. The average molecular weight is 308 g/mol. The molecule has 0 aliphatic heterocycles. The summed E-state index contributed by atoms with van der Waals surface area (Å²) in [7, 11) is 0. The Hall–Kier alpha value is -1.58. The summed E-state index contributed by atoms with van der Waals surface area (Å²) >= 11 is 6.10. The van der Waals surface area contributed by atoms with Crippen LogP contribution >= 0.6 is 11.6 Å². The van der Waals surface area contributed by atoms with Gasteiger partial charge < -0.3 is 10.5 Å². The van der Waals surface area contributed by atoms with Crippen molar-refractivity contribution >= 4 is 11.6 Å². The molecule has 0 amide bonds. The van der Waals surface area contributed by atoms with Gasteiger partial charge in [0, 0.05) is 16.6 Å². The number of benzene rings is 2. The highest BCUT2D eigenvalue weighted by Crippen LogP contribution is 2.32. The van der Waals surface area contributed by atoms with Crippen LogP contribution in [0.1, 0.15) is 36.6 Å². The lowest BCUT2D eigenvalue weighted by Gasteiger charge is -2.16. The zero-order valence-corrected chi connectivity index (χ0v) is 13.2. The first-order valence-electron chi connectivity index (χ1n) is 6.94. The zero-order chi connectivity index (χ0) is 15.6. The molecule has 0 spiro atoms. The van der Waals surface area contributed by atoms with Gasteiger partial charge >= 0.3 is 0 Å². The van der Waals surface area contributed by atoms with Crippen LogP contribution in [0.3, 0.4) is 0 Å². The van der Waals surface area contributed by atoms with Crippen molar-refractivity contribution in [3.63, 3.8) is 0 Å². The number of nitrogens with two attached hydrogens (primary N) is 1. The normalized spacial score (nSPS) is 12.3. The van der Waals surface area contributed by atoms with E-state index in [4.69, 9.17) is 22.1 Å². The molecular formula is C17H19ClFNO. The van der Waals surface area contributed by atoms with E-state index in [0.717, 1.165) is 12.0 Å². The van der Waals surface area contributed by atoms with E-state index in [1.165, 1.54) is 6.07 Å². The Morgan fingerprint density at radius 3 is 2.62 bits per heavy atom. The average Bonchev–Trinajstić information content (AvgIpc) is 2.44. The molecule has 2 aromatic carbocycles. The van der Waals surface area contributed by atoms with Crippen molar-refractivity contribution in [2.75, 3.05) is 0 Å². The van der Waals surface area contributed by atoms with Gasteiger partial charge in [0.1, 0.15) is 17.3 Å². The van der Waals surface area contributed by atoms with Crippen LogP contribution in [0.2, 0.25) is 5.02 Å². The third kappa shape index (κ3) is 3.55. The van der Waals surface area contributed by atoms with Gasteiger partial charge in [-0.15, -0.1) is 0 Å². The van der Waals surface area contributed by atoms with Crippen molar-refractivity contribution in [2.24, 2.45) is 5.73 Å². The van der Waals surface area contributed by atoms with Crippen molar-refractivity contribution in [1.82, 2.24) is 0 Å². The molecule has 0 saturated heterocycles. The molecule has 2 rings (SSSR count). The van der Waals surface area contributed by atoms with Gasteiger partial charge in [-0.2, -0.15) is 0 Å². The van der Waals surface area contributed by atoms with Crippen molar-refractivity contribution < 1.29 is 9.13 Å². The highest BCUT2D eigenvalue weighted by molar-refractivity contribution is 6.31. The maximum atomic E-state index is 13.7. The summed E-state index contributed by atoms with van der Waals surface area (Å²) in [6, 6.07) is 8.29. The van der Waals surface area contributed by atoms with E-state index in [1.54, 1.807) is 32.0 Å². The summed E-state index contributed by atoms with van der Waals surface area (Å²) in [6.07, 6.45) is 0.818. The molecule has 0 radical (unpaired) electrons. The van der Waals surface area contributed by atoms with Crippen molar-refractivity contribution in [3.05, 3.63) is 57.9 Å². The maximum absolute atomic E-state index is 13.7. The van der Waals surface area contributed by atoms with Gasteiger partial charge in [-0.1, -0.05) is 18.5 Å². The number of aryl methyl sites for hydroxylation is 2. The molecule has 2 N–H and O–H groups in total. The highest BCUT2D eigenvalue weighted by atomic mass is 35.5. The van der Waals surface area contributed by atoms with Gasteiger partial charge in [0.15, 0.2) is 0 Å². The smallest absolute Gasteiger partial charge is 0.132 e. The van der Waals surface area contributed by atoms with Crippen molar-refractivity contribution in [2.45, 2.75) is 33.2 Å². The molecular weight excluding hydrogens is 289 g/mol. The number of rotatable bonds is 4. The summed E-state index contributed by atoms with van der Waals surface area (Å²) in [6.45, 7) is 5.53. The zero-order valence-electron chi connectivity index (χ0n) is 12.4. The molecule has 1 unspecified atom stereocenters. The summed E-state index contributed by atoms with van der Waals surface area (Å²) in [4.78, 5) is 0. The molecule has 2 aromatic rings. The van der Waals surface area contributed by atoms with Crippen LogP contribution in [0, 0.1) is 12.7 Å². The van der Waals surface area contributed by atoms with Gasteiger partial charge in [0.2, 0.25) is 0 Å². The number of halogens is 2. The Morgan fingerprint density at radius 2 is 2.00 bits per heavy atom. The quantitative estimate of drug-likeness (QED) is 0.846. The molecule has 2 nitrogen and oxygen atoms in total. The van der Waals surface area contributed by atoms with E-state index in [-0.39, 0.29) is 11.9 Å². The van der Waals surface area contributed by atoms with Gasteiger partial charge in [-0.3, -0.25) is 0 Å². The van der Waals surface area contributed by atoms with Crippen LogP contribution in [0.25, 0.3) is 0 Å². The van der Waals surface area contributed by atoms with Gasteiger partial charge in [0.25, 0.3) is 0 Å². The van der Waals surface area contributed by atoms with E-state index < -0.39 is 0 Å². The van der Waals surface area contributed by atoms with E-state index in [1.807, 2.05) is 13.0 Å². The first-order chi connectivity index (χ1) is 9.92. The standard InChI is InChI=1S/C17H19ClFNO/c1-4-12-8-13(5-6-15(12)18)21-17-7-10(2)16(19)9-14(17)11(3)20/h5-9,11H,4,20H2,1-3H3. The van der Waals surface area contributed by atoms with Crippen LogP contribution in [0.4, 0.5) is 4.39 Å². The molecule has 0 bridgehead atoms.